The van der Waals surface area contributed by atoms with Gasteiger partial charge in [-0.3, -0.25) is 0 Å². The summed E-state index contributed by atoms with van der Waals surface area (Å²) in [5.41, 5.74) is 1.25. The molecule has 17 heavy (non-hydrogen) atoms. The maximum absolute atomic E-state index is 5.45. The number of para-hydroxylation sites is 1. The molecule has 0 radical (unpaired) electrons. The van der Waals surface area contributed by atoms with E-state index in [-0.39, 0.29) is 24.0 Å². The summed E-state index contributed by atoms with van der Waals surface area (Å²) in [6.07, 6.45) is 1.20. The first-order valence-corrected chi connectivity index (χ1v) is 7.64. The Labute approximate surface area is 137 Å². The zero-order valence-electron chi connectivity index (χ0n) is 9.87. The van der Waals surface area contributed by atoms with Crippen molar-refractivity contribution in [2.75, 3.05) is 11.5 Å². The highest BCUT2D eigenvalue weighted by molar-refractivity contribution is 14.1. The molecule has 2 rings (SSSR count). The summed E-state index contributed by atoms with van der Waals surface area (Å²) in [6, 6.07) is 6.25. The Hall–Kier alpha value is 0.370. The number of methoxy groups -OCH3 is 1. The van der Waals surface area contributed by atoms with Crippen LogP contribution < -0.4 is 33.3 Å². The van der Waals surface area contributed by atoms with Crippen LogP contribution in [0.25, 0.3) is 10.2 Å². The van der Waals surface area contributed by atoms with Gasteiger partial charge in [0.25, 0.3) is 5.52 Å². The number of thiazole rings is 1. The van der Waals surface area contributed by atoms with E-state index in [4.69, 9.17) is 4.74 Å². The third kappa shape index (κ3) is 3.23. The first kappa shape index (κ1) is 15.4. The van der Waals surface area contributed by atoms with E-state index >= 15 is 0 Å². The average molecular weight is 475 g/mol. The second kappa shape index (κ2) is 7.08. The third-order valence-electron chi connectivity index (χ3n) is 2.60. The van der Waals surface area contributed by atoms with Crippen LogP contribution in [0.5, 0.6) is 5.75 Å². The number of fused-ring (bicyclic) bond motifs is 1. The number of alkyl halides is 1. The maximum atomic E-state index is 5.45. The lowest BCUT2D eigenvalue weighted by molar-refractivity contribution is -0.672. The summed E-state index contributed by atoms with van der Waals surface area (Å²) in [5, 5.41) is 1.35. The van der Waals surface area contributed by atoms with E-state index in [2.05, 4.69) is 46.2 Å². The van der Waals surface area contributed by atoms with Crippen molar-refractivity contribution >= 4 is 44.1 Å². The van der Waals surface area contributed by atoms with E-state index in [1.807, 2.05) is 17.4 Å². The lowest BCUT2D eigenvalue weighted by Gasteiger charge is -2.00. The Morgan fingerprint density at radius 2 is 2.18 bits per heavy atom. The molecule has 0 fully saturated rings. The van der Waals surface area contributed by atoms with Crippen LogP contribution >= 0.6 is 33.9 Å². The van der Waals surface area contributed by atoms with Gasteiger partial charge in [-0.25, -0.2) is 0 Å². The first-order chi connectivity index (χ1) is 7.77. The Kier molecular flexibility index (Phi) is 6.43. The lowest BCUT2D eigenvalue weighted by atomic mass is 10.3. The van der Waals surface area contributed by atoms with Crippen molar-refractivity contribution in [1.29, 1.82) is 0 Å². The smallest absolute Gasteiger partial charge is 0.266 e. The Bertz CT molecular complexity index is 498. The van der Waals surface area contributed by atoms with Crippen LogP contribution in [0.3, 0.4) is 0 Å². The maximum Gasteiger partial charge on any atom is 0.266 e. The fourth-order valence-corrected chi connectivity index (χ4v) is 3.28. The normalized spacial score (nSPS) is 10.3. The molecule has 0 atom stereocenters. The number of aromatic nitrogens is 1. The van der Waals surface area contributed by atoms with Crippen molar-refractivity contribution in [2.24, 2.45) is 0 Å². The van der Waals surface area contributed by atoms with E-state index in [1.54, 1.807) is 7.11 Å². The molecule has 1 aromatic heterocycles. The van der Waals surface area contributed by atoms with Gasteiger partial charge in [0.1, 0.15) is 4.70 Å². The van der Waals surface area contributed by atoms with Crippen molar-refractivity contribution in [3.63, 3.8) is 0 Å². The molecule has 94 valence electrons. The molecule has 0 amide bonds. The summed E-state index contributed by atoms with van der Waals surface area (Å²) in [5.74, 6) is 0.982. The summed E-state index contributed by atoms with van der Waals surface area (Å²) in [4.78, 5) is 0. The largest absolute Gasteiger partial charge is 1.00 e. The minimum Gasteiger partial charge on any atom is -1.00 e. The van der Waals surface area contributed by atoms with Gasteiger partial charge >= 0.3 is 0 Å². The van der Waals surface area contributed by atoms with Crippen LogP contribution in [0.1, 0.15) is 11.4 Å². The molecule has 0 unspecified atom stereocenters. The molecule has 5 heteroatoms. The van der Waals surface area contributed by atoms with Gasteiger partial charge in [0, 0.05) is 17.8 Å². The van der Waals surface area contributed by atoms with Crippen molar-refractivity contribution in [3.05, 3.63) is 23.2 Å². The highest BCUT2D eigenvalue weighted by Gasteiger charge is 2.20. The number of hydrogen-bond acceptors (Lipinski definition) is 2. The van der Waals surface area contributed by atoms with Crippen molar-refractivity contribution < 1.29 is 33.3 Å². The van der Waals surface area contributed by atoms with Crippen LogP contribution in [-0.2, 0) is 6.54 Å². The van der Waals surface area contributed by atoms with Gasteiger partial charge in [0.15, 0.2) is 12.3 Å². The zero-order valence-corrected chi connectivity index (χ0v) is 15.0. The number of ether oxygens (including phenoxy) is 1. The average Bonchev–Trinajstić information content (AvgIpc) is 2.62. The third-order valence-corrected chi connectivity index (χ3v) is 4.43. The standard InChI is InChI=1S/C12H15INOS.HI/c1-9-14(8-4-7-13)12-10(15-2)5-3-6-11(12)16-9;/h3,5-6H,4,7-8H2,1-2H3;1H/q+1;/p-1. The van der Waals surface area contributed by atoms with Gasteiger partial charge in [0.05, 0.1) is 7.11 Å². The number of rotatable bonds is 4. The quantitative estimate of drug-likeness (QED) is 0.354. The fraction of sp³-hybridized carbons (Fsp3) is 0.417. The molecule has 0 aliphatic heterocycles. The zero-order chi connectivity index (χ0) is 11.5. The van der Waals surface area contributed by atoms with Crippen LogP contribution in [0.4, 0.5) is 0 Å². The van der Waals surface area contributed by atoms with Gasteiger partial charge in [-0.15, -0.1) is 0 Å². The Morgan fingerprint density at radius 1 is 1.41 bits per heavy atom. The highest BCUT2D eigenvalue weighted by atomic mass is 127. The summed E-state index contributed by atoms with van der Waals surface area (Å²) in [6.45, 7) is 3.26. The molecule has 0 spiro atoms. The Balaban J connectivity index is 0.00000144. The summed E-state index contributed by atoms with van der Waals surface area (Å²) in [7, 11) is 1.74. The highest BCUT2D eigenvalue weighted by Crippen LogP contribution is 2.27. The molecule has 2 nitrogen and oxygen atoms in total. The molecule has 0 saturated heterocycles. The van der Waals surface area contributed by atoms with E-state index < -0.39 is 0 Å². The molecule has 2 aromatic rings. The van der Waals surface area contributed by atoms with Gasteiger partial charge < -0.3 is 28.7 Å². The predicted molar refractivity (Wildman–Crippen MR) is 76.8 cm³/mol. The van der Waals surface area contributed by atoms with Crippen molar-refractivity contribution in [1.82, 2.24) is 0 Å². The number of benzene rings is 1. The van der Waals surface area contributed by atoms with Crippen molar-refractivity contribution in [2.45, 2.75) is 19.9 Å². The van der Waals surface area contributed by atoms with E-state index in [9.17, 15) is 0 Å². The van der Waals surface area contributed by atoms with E-state index in [0.29, 0.717) is 0 Å². The number of aryl methyl sites for hydroxylation is 2. The fourth-order valence-electron chi connectivity index (χ4n) is 1.87. The molecule has 0 aliphatic rings. The second-order valence-corrected chi connectivity index (χ2v) is 5.94. The Morgan fingerprint density at radius 3 is 2.82 bits per heavy atom. The first-order valence-electron chi connectivity index (χ1n) is 5.30. The van der Waals surface area contributed by atoms with Gasteiger partial charge in [-0.05, 0) is 12.1 Å². The van der Waals surface area contributed by atoms with Crippen LogP contribution in [0.2, 0.25) is 0 Å². The monoisotopic (exact) mass is 475 g/mol. The topological polar surface area (TPSA) is 13.1 Å². The SMILES string of the molecule is COc1cccc2sc(C)[n+](CCCI)c12.[I-]. The lowest BCUT2D eigenvalue weighted by Crippen LogP contribution is -3.00. The van der Waals surface area contributed by atoms with Crippen LogP contribution in [-0.4, -0.2) is 11.5 Å². The predicted octanol–water partition coefficient (Wildman–Crippen LogP) is 0.335. The number of hydrogen-bond donors (Lipinski definition) is 0. The minimum atomic E-state index is 0. The molecule has 0 saturated carbocycles. The number of nitrogens with zero attached hydrogens (tertiary/aromatic N) is 1. The van der Waals surface area contributed by atoms with Crippen LogP contribution in [0.15, 0.2) is 18.2 Å². The van der Waals surface area contributed by atoms with Crippen LogP contribution in [0, 0.1) is 6.92 Å². The van der Waals surface area contributed by atoms with Crippen molar-refractivity contribution in [3.8, 4) is 5.75 Å². The minimum absolute atomic E-state index is 0. The molecule has 1 aromatic carbocycles. The summed E-state index contributed by atoms with van der Waals surface area (Å²) >= 11 is 4.26. The van der Waals surface area contributed by atoms with Gasteiger partial charge in [-0.2, -0.15) is 4.57 Å². The molecular weight excluding hydrogens is 460 g/mol. The molecule has 0 aliphatic carbocycles. The van der Waals surface area contributed by atoms with E-state index in [1.165, 1.54) is 26.1 Å². The number of halogens is 2. The molecular formula is C12H15I2NOS. The summed E-state index contributed by atoms with van der Waals surface area (Å²) < 4.78 is 10.3. The second-order valence-electron chi connectivity index (χ2n) is 3.62. The molecule has 1 heterocycles. The molecule has 0 N–H and O–H groups in total. The van der Waals surface area contributed by atoms with E-state index in [0.717, 1.165) is 12.3 Å². The van der Waals surface area contributed by atoms with Gasteiger partial charge in [0.2, 0.25) is 5.01 Å². The van der Waals surface area contributed by atoms with Gasteiger partial charge in [-0.1, -0.05) is 40.0 Å². The molecule has 0 bridgehead atoms.